The first kappa shape index (κ1) is 12.5. The number of fused-ring (bicyclic) bond motifs is 1. The number of imidazole rings is 1. The maximum Gasteiger partial charge on any atom is 0.256 e. The van der Waals surface area contributed by atoms with Crippen LogP contribution in [0.2, 0.25) is 0 Å². The lowest BCUT2D eigenvalue weighted by Crippen LogP contribution is -2.25. The van der Waals surface area contributed by atoms with Gasteiger partial charge in [-0.05, 0) is 19.9 Å². The first-order valence-electron chi connectivity index (χ1n) is 6.36. The molecule has 0 aliphatic carbocycles. The second-order valence-electron chi connectivity index (χ2n) is 4.84. The Morgan fingerprint density at radius 1 is 1.30 bits per heavy atom. The largest absolute Gasteiger partial charge is 0.328 e. The van der Waals surface area contributed by atoms with E-state index in [4.69, 9.17) is 0 Å². The van der Waals surface area contributed by atoms with E-state index in [9.17, 15) is 4.79 Å². The van der Waals surface area contributed by atoms with Gasteiger partial charge < -0.3 is 4.57 Å². The summed E-state index contributed by atoms with van der Waals surface area (Å²) in [6.45, 7) is 4.03. The second-order valence-corrected chi connectivity index (χ2v) is 4.84. The fourth-order valence-corrected chi connectivity index (χ4v) is 2.17. The Bertz CT molecular complexity index is 846. The molecule has 3 aromatic heterocycles. The summed E-state index contributed by atoms with van der Waals surface area (Å²) in [6, 6.07) is 1.86. The molecule has 0 atom stereocenters. The van der Waals surface area contributed by atoms with Crippen molar-refractivity contribution in [2.24, 2.45) is 7.05 Å². The number of rotatable bonds is 2. The van der Waals surface area contributed by atoms with Crippen LogP contribution in [0.5, 0.6) is 0 Å². The van der Waals surface area contributed by atoms with Crippen molar-refractivity contribution in [3.63, 3.8) is 0 Å². The first-order chi connectivity index (χ1) is 9.58. The molecule has 0 radical (unpaired) electrons. The number of nitrogens with zero attached hydrogens (tertiary/aromatic N) is 5. The number of aromatic nitrogens is 5. The van der Waals surface area contributed by atoms with Crippen LogP contribution in [-0.2, 0) is 13.6 Å². The highest BCUT2D eigenvalue weighted by atomic mass is 16.1. The molecule has 0 spiro atoms. The van der Waals surface area contributed by atoms with Gasteiger partial charge >= 0.3 is 0 Å². The number of pyridine rings is 1. The maximum absolute atomic E-state index is 12.2. The van der Waals surface area contributed by atoms with Crippen LogP contribution in [0.15, 0.2) is 29.6 Å². The molecule has 0 amide bonds. The lowest BCUT2D eigenvalue weighted by Gasteiger charge is -2.07. The van der Waals surface area contributed by atoms with Gasteiger partial charge in [-0.15, -0.1) is 0 Å². The van der Waals surface area contributed by atoms with Crippen molar-refractivity contribution in [3.05, 3.63) is 52.2 Å². The average molecular weight is 269 g/mol. The fraction of sp³-hybridized carbons (Fsp3) is 0.286. The Labute approximate surface area is 115 Å². The third kappa shape index (κ3) is 1.89. The van der Waals surface area contributed by atoms with E-state index in [1.54, 1.807) is 30.2 Å². The van der Waals surface area contributed by atoms with Crippen LogP contribution in [0.25, 0.3) is 11.0 Å². The summed E-state index contributed by atoms with van der Waals surface area (Å²) in [5.41, 5.74) is 3.24. The molecule has 0 unspecified atom stereocenters. The quantitative estimate of drug-likeness (QED) is 0.701. The molecule has 3 heterocycles. The Balaban J connectivity index is 2.08. The van der Waals surface area contributed by atoms with E-state index in [2.05, 4.69) is 15.0 Å². The van der Waals surface area contributed by atoms with Gasteiger partial charge in [0.1, 0.15) is 5.82 Å². The van der Waals surface area contributed by atoms with Crippen LogP contribution in [0, 0.1) is 13.8 Å². The molecule has 0 saturated heterocycles. The van der Waals surface area contributed by atoms with Gasteiger partial charge in [0.15, 0.2) is 0 Å². The van der Waals surface area contributed by atoms with Crippen LogP contribution in [0.1, 0.15) is 17.1 Å². The van der Waals surface area contributed by atoms with Crippen LogP contribution in [0.3, 0.4) is 0 Å². The van der Waals surface area contributed by atoms with Gasteiger partial charge in [-0.25, -0.2) is 9.97 Å². The second kappa shape index (κ2) is 4.56. The van der Waals surface area contributed by atoms with Crippen molar-refractivity contribution in [3.8, 4) is 0 Å². The molecule has 0 fully saturated rings. The average Bonchev–Trinajstić information content (AvgIpc) is 2.77. The Hall–Kier alpha value is -2.50. The van der Waals surface area contributed by atoms with E-state index in [0.717, 1.165) is 22.6 Å². The minimum atomic E-state index is -0.0253. The van der Waals surface area contributed by atoms with E-state index in [-0.39, 0.29) is 5.56 Å². The Morgan fingerprint density at radius 3 is 2.85 bits per heavy atom. The summed E-state index contributed by atoms with van der Waals surface area (Å²) < 4.78 is 3.53. The van der Waals surface area contributed by atoms with Crippen molar-refractivity contribution < 1.29 is 0 Å². The molecule has 102 valence electrons. The van der Waals surface area contributed by atoms with Crippen molar-refractivity contribution in [2.75, 3.05) is 0 Å². The first-order valence-corrected chi connectivity index (χ1v) is 6.36. The molecule has 3 rings (SSSR count). The molecule has 0 N–H and O–H groups in total. The summed E-state index contributed by atoms with van der Waals surface area (Å²) in [5.74, 6) is 0.806. The van der Waals surface area contributed by atoms with Crippen molar-refractivity contribution >= 4 is 11.0 Å². The summed E-state index contributed by atoms with van der Waals surface area (Å²) in [7, 11) is 1.92. The molecular formula is C14H15N5O. The van der Waals surface area contributed by atoms with Crippen molar-refractivity contribution in [2.45, 2.75) is 20.4 Å². The lowest BCUT2D eigenvalue weighted by atomic mass is 10.3. The van der Waals surface area contributed by atoms with E-state index < -0.39 is 0 Å². The predicted molar refractivity (Wildman–Crippen MR) is 75.6 cm³/mol. The topological polar surface area (TPSA) is 65.6 Å². The molecule has 6 heteroatoms. The molecule has 20 heavy (non-hydrogen) atoms. The highest BCUT2D eigenvalue weighted by Gasteiger charge is 2.10. The number of hydrogen-bond donors (Lipinski definition) is 0. The van der Waals surface area contributed by atoms with Crippen molar-refractivity contribution in [1.82, 2.24) is 24.1 Å². The zero-order valence-electron chi connectivity index (χ0n) is 11.7. The van der Waals surface area contributed by atoms with E-state index >= 15 is 0 Å². The van der Waals surface area contributed by atoms with Gasteiger partial charge in [0.05, 0.1) is 30.1 Å². The van der Waals surface area contributed by atoms with Crippen LogP contribution < -0.4 is 5.56 Å². The lowest BCUT2D eigenvalue weighted by molar-refractivity contribution is 0.664. The highest BCUT2D eigenvalue weighted by Crippen LogP contribution is 2.13. The molecule has 0 aliphatic rings. The third-order valence-corrected chi connectivity index (χ3v) is 3.60. The van der Waals surface area contributed by atoms with Gasteiger partial charge in [-0.1, -0.05) is 0 Å². The highest BCUT2D eigenvalue weighted by molar-refractivity contribution is 5.74. The Morgan fingerprint density at radius 2 is 2.10 bits per heavy atom. The molecule has 0 aliphatic heterocycles. The van der Waals surface area contributed by atoms with Crippen LogP contribution in [0.4, 0.5) is 0 Å². The molecule has 0 bridgehead atoms. The predicted octanol–water partition coefficient (Wildman–Crippen LogP) is 1.19. The normalized spacial score (nSPS) is 11.2. The monoisotopic (exact) mass is 269 g/mol. The van der Waals surface area contributed by atoms with Gasteiger partial charge in [0.25, 0.3) is 5.56 Å². The van der Waals surface area contributed by atoms with Gasteiger partial charge in [0.2, 0.25) is 0 Å². The molecule has 0 aromatic carbocycles. The molecule has 0 saturated carbocycles. The Kier molecular flexibility index (Phi) is 2.85. The van der Waals surface area contributed by atoms with Gasteiger partial charge in [-0.3, -0.25) is 14.3 Å². The summed E-state index contributed by atoms with van der Waals surface area (Å²) in [4.78, 5) is 25.1. The zero-order valence-corrected chi connectivity index (χ0v) is 11.7. The smallest absolute Gasteiger partial charge is 0.256 e. The van der Waals surface area contributed by atoms with E-state index in [0.29, 0.717) is 12.1 Å². The number of hydrogen-bond acceptors (Lipinski definition) is 4. The summed E-state index contributed by atoms with van der Waals surface area (Å²) in [5, 5.41) is 0. The third-order valence-electron chi connectivity index (χ3n) is 3.60. The van der Waals surface area contributed by atoms with Crippen LogP contribution in [-0.4, -0.2) is 24.1 Å². The minimum absolute atomic E-state index is 0.0253. The molecule has 3 aromatic rings. The van der Waals surface area contributed by atoms with Crippen molar-refractivity contribution in [1.29, 1.82) is 0 Å². The van der Waals surface area contributed by atoms with Gasteiger partial charge in [0, 0.05) is 24.5 Å². The standard InChI is InChI=1S/C14H15N5O/c1-9-10(2)16-8-19(14(9)20)7-13-17-11-4-5-15-6-12(11)18(13)3/h4-6,8H,7H2,1-3H3. The minimum Gasteiger partial charge on any atom is -0.328 e. The maximum atomic E-state index is 12.2. The summed E-state index contributed by atoms with van der Waals surface area (Å²) in [6.07, 6.45) is 5.05. The fourth-order valence-electron chi connectivity index (χ4n) is 2.17. The molecular weight excluding hydrogens is 254 g/mol. The SMILES string of the molecule is Cc1ncn(Cc2nc3ccncc3n2C)c(=O)c1C. The zero-order chi connectivity index (χ0) is 14.3. The van der Waals surface area contributed by atoms with Gasteiger partial charge in [-0.2, -0.15) is 0 Å². The molecule has 6 nitrogen and oxygen atoms in total. The number of aryl methyl sites for hydroxylation is 2. The van der Waals surface area contributed by atoms with E-state index in [1.807, 2.05) is 24.6 Å². The van der Waals surface area contributed by atoms with Crippen LogP contribution >= 0.6 is 0 Å². The summed E-state index contributed by atoms with van der Waals surface area (Å²) >= 11 is 0. The van der Waals surface area contributed by atoms with E-state index in [1.165, 1.54) is 0 Å².